The lowest BCUT2D eigenvalue weighted by molar-refractivity contribution is 0.0912. The van der Waals surface area contributed by atoms with E-state index in [1.165, 1.54) is 12.1 Å². The van der Waals surface area contributed by atoms with E-state index in [1.807, 2.05) is 0 Å². The normalized spacial score (nSPS) is 10.2. The van der Waals surface area contributed by atoms with Crippen molar-refractivity contribution >= 4 is 34.3 Å². The monoisotopic (exact) mass is 277 g/mol. The molecule has 1 aromatic rings. The molecule has 0 saturated heterocycles. The summed E-state index contributed by atoms with van der Waals surface area (Å²) >= 11 is 0. The molecule has 0 aliphatic carbocycles. The minimum Gasteiger partial charge on any atom is -0.369 e. The molecule has 0 saturated carbocycles. The molecule has 0 radical (unpaired) electrons. The summed E-state index contributed by atoms with van der Waals surface area (Å²) in [6, 6.07) is 7.77. The maximum atomic E-state index is 11.8. The van der Waals surface area contributed by atoms with Gasteiger partial charge in [0.1, 0.15) is 0 Å². The first-order chi connectivity index (χ1) is 7.34. The van der Waals surface area contributed by atoms with E-state index in [0.29, 0.717) is 0 Å². The van der Waals surface area contributed by atoms with Crippen LogP contribution in [-0.2, 0) is 10.0 Å². The number of rotatable bonds is 2. The third kappa shape index (κ3) is 3.72. The number of carbonyl (C=O) groups excluding carboxylic acids is 1. The number of benzene rings is 1. The minimum atomic E-state index is -3.88. The first-order valence-electron chi connectivity index (χ1n) is 4.27. The zero-order valence-electron chi connectivity index (χ0n) is 8.95. The molecule has 1 amide bonds. The van der Waals surface area contributed by atoms with Crippen molar-refractivity contribution < 1.29 is 13.2 Å². The van der Waals surface area contributed by atoms with Crippen molar-refractivity contribution in [3.63, 3.8) is 0 Å². The molecule has 8 heteroatoms. The summed E-state index contributed by atoms with van der Waals surface area (Å²) in [6.45, 7) is 0. The van der Waals surface area contributed by atoms with Crippen LogP contribution < -0.4 is 5.73 Å². The fourth-order valence-corrected chi connectivity index (χ4v) is 1.90. The SMILES string of the molecule is CS(=O)(=O)N(C(=N)N)C(=O)c1ccccc1.Cl. The number of amides is 1. The summed E-state index contributed by atoms with van der Waals surface area (Å²) in [5.41, 5.74) is 5.23. The Morgan fingerprint density at radius 1 is 1.29 bits per heavy atom. The highest BCUT2D eigenvalue weighted by molar-refractivity contribution is 7.89. The molecule has 3 N–H and O–H groups in total. The molecule has 0 bridgehead atoms. The largest absolute Gasteiger partial charge is 0.369 e. The zero-order chi connectivity index (χ0) is 12.3. The third-order valence-electron chi connectivity index (χ3n) is 1.76. The molecule has 6 nitrogen and oxygen atoms in total. The summed E-state index contributed by atoms with van der Waals surface area (Å²) in [4.78, 5) is 11.8. The van der Waals surface area contributed by atoms with Crippen LogP contribution in [-0.4, -0.2) is 30.8 Å². The standard InChI is InChI=1S/C9H11N3O3S.ClH/c1-16(14,15)12(9(10)11)8(13)7-5-3-2-4-6-7;/h2-6H,1H3,(H3,10,11);1H. The number of nitrogens with two attached hydrogens (primary N) is 1. The predicted molar refractivity (Wildman–Crippen MR) is 66.6 cm³/mol. The summed E-state index contributed by atoms with van der Waals surface area (Å²) < 4.78 is 22.8. The molecule has 0 aliphatic heterocycles. The summed E-state index contributed by atoms with van der Waals surface area (Å²) in [5.74, 6) is -1.66. The number of guanidine groups is 1. The van der Waals surface area contributed by atoms with Gasteiger partial charge in [-0.1, -0.05) is 18.2 Å². The lowest BCUT2D eigenvalue weighted by Gasteiger charge is -2.17. The molecule has 0 aromatic heterocycles. The van der Waals surface area contributed by atoms with Crippen LogP contribution in [0.1, 0.15) is 10.4 Å². The Balaban J connectivity index is 0.00000256. The van der Waals surface area contributed by atoms with Crippen LogP contribution in [0.4, 0.5) is 0 Å². The predicted octanol–water partition coefficient (Wildman–Crippen LogP) is 0.404. The van der Waals surface area contributed by atoms with Gasteiger partial charge >= 0.3 is 0 Å². The number of hydrogen-bond acceptors (Lipinski definition) is 4. The van der Waals surface area contributed by atoms with Crippen molar-refractivity contribution in [3.8, 4) is 0 Å². The maximum Gasteiger partial charge on any atom is 0.274 e. The van der Waals surface area contributed by atoms with Crippen LogP contribution in [0.15, 0.2) is 30.3 Å². The van der Waals surface area contributed by atoms with Gasteiger partial charge in [0.15, 0.2) is 0 Å². The van der Waals surface area contributed by atoms with Crippen molar-refractivity contribution in [2.75, 3.05) is 6.26 Å². The van der Waals surface area contributed by atoms with Crippen LogP contribution in [0.5, 0.6) is 0 Å². The van der Waals surface area contributed by atoms with Crippen LogP contribution in [0.2, 0.25) is 0 Å². The molecule has 0 heterocycles. The highest BCUT2D eigenvalue weighted by Gasteiger charge is 2.27. The minimum absolute atomic E-state index is 0. The molecule has 0 fully saturated rings. The van der Waals surface area contributed by atoms with E-state index in [4.69, 9.17) is 11.1 Å². The Labute approximate surface area is 105 Å². The molecule has 0 spiro atoms. The van der Waals surface area contributed by atoms with Crippen molar-refractivity contribution in [1.29, 1.82) is 5.41 Å². The quantitative estimate of drug-likeness (QED) is 0.603. The van der Waals surface area contributed by atoms with Crippen molar-refractivity contribution in [1.82, 2.24) is 4.31 Å². The number of halogens is 1. The van der Waals surface area contributed by atoms with Crippen LogP contribution in [0.3, 0.4) is 0 Å². The Bertz CT molecular complexity index is 516. The molecule has 94 valence electrons. The lowest BCUT2D eigenvalue weighted by atomic mass is 10.2. The second-order valence-electron chi connectivity index (χ2n) is 3.08. The van der Waals surface area contributed by atoms with Crippen molar-refractivity contribution in [2.24, 2.45) is 5.73 Å². The molecule has 0 atom stereocenters. The van der Waals surface area contributed by atoms with Crippen molar-refractivity contribution in [3.05, 3.63) is 35.9 Å². The number of nitrogens with one attached hydrogen (secondary N) is 1. The van der Waals surface area contributed by atoms with E-state index < -0.39 is 21.9 Å². The van der Waals surface area contributed by atoms with E-state index in [0.717, 1.165) is 6.26 Å². The van der Waals surface area contributed by atoms with Crippen molar-refractivity contribution in [2.45, 2.75) is 0 Å². The van der Waals surface area contributed by atoms with Gasteiger partial charge < -0.3 is 5.73 Å². The number of hydrogen-bond donors (Lipinski definition) is 2. The first kappa shape index (κ1) is 15.4. The summed E-state index contributed by atoms with van der Waals surface area (Å²) in [7, 11) is -3.88. The van der Waals surface area contributed by atoms with Crippen LogP contribution in [0.25, 0.3) is 0 Å². The summed E-state index contributed by atoms with van der Waals surface area (Å²) in [6.07, 6.45) is 0.815. The van der Waals surface area contributed by atoms with Gasteiger partial charge in [-0.25, -0.2) is 8.42 Å². The van der Waals surface area contributed by atoms with Gasteiger partial charge in [0, 0.05) is 5.56 Å². The molecular weight excluding hydrogens is 266 g/mol. The highest BCUT2D eigenvalue weighted by Crippen LogP contribution is 2.07. The van der Waals surface area contributed by atoms with Gasteiger partial charge in [0.2, 0.25) is 16.0 Å². The molecule has 0 unspecified atom stereocenters. The van der Waals surface area contributed by atoms with E-state index in [-0.39, 0.29) is 22.3 Å². The Morgan fingerprint density at radius 3 is 2.12 bits per heavy atom. The summed E-state index contributed by atoms with van der Waals surface area (Å²) in [5, 5.41) is 7.09. The fraction of sp³-hybridized carbons (Fsp3) is 0.111. The van der Waals surface area contributed by atoms with Gasteiger partial charge in [0.25, 0.3) is 5.91 Å². The molecule has 1 rings (SSSR count). The molecular formula is C9H12ClN3O3S. The second-order valence-corrected chi connectivity index (χ2v) is 4.92. The highest BCUT2D eigenvalue weighted by atomic mass is 35.5. The Kier molecular flexibility index (Phi) is 5.11. The molecule has 0 aliphatic rings. The van der Waals surface area contributed by atoms with E-state index in [9.17, 15) is 13.2 Å². The van der Waals surface area contributed by atoms with Crippen LogP contribution in [0, 0.1) is 5.41 Å². The first-order valence-corrected chi connectivity index (χ1v) is 6.12. The zero-order valence-corrected chi connectivity index (χ0v) is 10.6. The van der Waals surface area contributed by atoms with Gasteiger partial charge in [-0.15, -0.1) is 12.4 Å². The fourth-order valence-electron chi connectivity index (χ4n) is 1.14. The van der Waals surface area contributed by atoms with Gasteiger partial charge in [0.05, 0.1) is 6.26 Å². The Morgan fingerprint density at radius 2 is 1.76 bits per heavy atom. The lowest BCUT2D eigenvalue weighted by Crippen LogP contribution is -2.44. The molecule has 17 heavy (non-hydrogen) atoms. The van der Waals surface area contributed by atoms with Gasteiger partial charge in [-0.3, -0.25) is 10.2 Å². The Hall–Kier alpha value is -1.60. The van der Waals surface area contributed by atoms with Crippen LogP contribution >= 0.6 is 12.4 Å². The van der Waals surface area contributed by atoms with Gasteiger partial charge in [-0.05, 0) is 12.1 Å². The maximum absolute atomic E-state index is 11.8. The molecule has 1 aromatic carbocycles. The van der Waals surface area contributed by atoms with E-state index >= 15 is 0 Å². The topological polar surface area (TPSA) is 104 Å². The van der Waals surface area contributed by atoms with E-state index in [2.05, 4.69) is 0 Å². The number of nitrogens with zero attached hydrogens (tertiary/aromatic N) is 1. The van der Waals surface area contributed by atoms with Gasteiger partial charge in [-0.2, -0.15) is 4.31 Å². The average Bonchev–Trinajstić information content (AvgIpc) is 2.16. The van der Waals surface area contributed by atoms with E-state index in [1.54, 1.807) is 18.2 Å². The number of sulfonamides is 1. The second kappa shape index (κ2) is 5.65. The average molecular weight is 278 g/mol. The smallest absolute Gasteiger partial charge is 0.274 e. The third-order valence-corrected chi connectivity index (χ3v) is 2.78. The number of carbonyl (C=O) groups is 1.